The first kappa shape index (κ1) is 20.5. The third kappa shape index (κ3) is 5.61. The number of benzene rings is 1. The van der Waals surface area contributed by atoms with E-state index in [1.165, 1.54) is 17.7 Å². The van der Waals surface area contributed by atoms with E-state index in [2.05, 4.69) is 33.6 Å². The molecule has 0 aliphatic heterocycles. The maximum absolute atomic E-state index is 6.30. The van der Waals surface area contributed by atoms with Crippen molar-refractivity contribution in [2.45, 2.75) is 51.7 Å². The SMILES string of the molecule is CN=C(NCCc1ncc(C)s1)NCc1cccc(OC)c1OC1CCCC1. The van der Waals surface area contributed by atoms with Gasteiger partial charge in [-0.1, -0.05) is 12.1 Å². The summed E-state index contributed by atoms with van der Waals surface area (Å²) in [7, 11) is 3.47. The minimum atomic E-state index is 0.286. The number of ether oxygens (including phenoxy) is 2. The van der Waals surface area contributed by atoms with Gasteiger partial charge in [0, 0.05) is 43.2 Å². The van der Waals surface area contributed by atoms with Crippen molar-refractivity contribution in [1.29, 1.82) is 0 Å². The van der Waals surface area contributed by atoms with Gasteiger partial charge in [0.1, 0.15) is 0 Å². The predicted octanol–water partition coefficient (Wildman–Crippen LogP) is 3.69. The number of hydrogen-bond donors (Lipinski definition) is 2. The molecule has 152 valence electrons. The molecule has 1 saturated carbocycles. The molecule has 1 aromatic carbocycles. The number of thiazole rings is 1. The van der Waals surface area contributed by atoms with Crippen molar-refractivity contribution in [2.24, 2.45) is 4.99 Å². The van der Waals surface area contributed by atoms with E-state index in [9.17, 15) is 0 Å². The quantitative estimate of drug-likeness (QED) is 0.521. The number of aliphatic imine (C=N–C) groups is 1. The molecule has 1 heterocycles. The van der Waals surface area contributed by atoms with Crippen LogP contribution in [-0.4, -0.2) is 37.7 Å². The summed E-state index contributed by atoms with van der Waals surface area (Å²) in [5, 5.41) is 7.87. The molecule has 2 aromatic rings. The van der Waals surface area contributed by atoms with E-state index in [0.29, 0.717) is 6.54 Å². The van der Waals surface area contributed by atoms with Crippen molar-refractivity contribution in [1.82, 2.24) is 15.6 Å². The zero-order valence-corrected chi connectivity index (χ0v) is 17.8. The van der Waals surface area contributed by atoms with Crippen molar-refractivity contribution in [3.63, 3.8) is 0 Å². The lowest BCUT2D eigenvalue weighted by molar-refractivity contribution is 0.198. The first-order valence-electron chi connectivity index (χ1n) is 9.88. The number of hydrogen-bond acceptors (Lipinski definition) is 5. The van der Waals surface area contributed by atoms with Gasteiger partial charge in [0.15, 0.2) is 17.5 Å². The number of methoxy groups -OCH3 is 1. The molecule has 28 heavy (non-hydrogen) atoms. The number of guanidine groups is 1. The molecule has 0 amide bonds. The summed E-state index contributed by atoms with van der Waals surface area (Å²) < 4.78 is 11.8. The molecular formula is C21H30N4O2S. The maximum atomic E-state index is 6.30. The van der Waals surface area contributed by atoms with Crippen molar-refractivity contribution in [2.75, 3.05) is 20.7 Å². The molecule has 0 saturated heterocycles. The molecular weight excluding hydrogens is 372 g/mol. The summed E-state index contributed by atoms with van der Waals surface area (Å²) in [6, 6.07) is 6.03. The third-order valence-corrected chi connectivity index (χ3v) is 5.81. The second-order valence-corrected chi connectivity index (χ2v) is 8.26. The van der Waals surface area contributed by atoms with Gasteiger partial charge < -0.3 is 20.1 Å². The molecule has 1 aromatic heterocycles. The molecule has 1 fully saturated rings. The van der Waals surface area contributed by atoms with Crippen molar-refractivity contribution in [3.8, 4) is 11.5 Å². The standard InChI is InChI=1S/C21H30N4O2S/c1-15-13-24-19(28-15)11-12-23-21(22-2)25-14-16-7-6-10-18(26-3)20(16)27-17-8-4-5-9-17/h6-7,10,13,17H,4-5,8-9,11-12,14H2,1-3H3,(H2,22,23,25). The number of aromatic nitrogens is 1. The van der Waals surface area contributed by atoms with Crippen LogP contribution in [0.2, 0.25) is 0 Å². The highest BCUT2D eigenvalue weighted by molar-refractivity contribution is 7.11. The Bertz CT molecular complexity index is 784. The molecule has 1 aliphatic rings. The zero-order chi connectivity index (χ0) is 19.8. The van der Waals surface area contributed by atoms with Crippen molar-refractivity contribution in [3.05, 3.63) is 39.8 Å². The summed E-state index contributed by atoms with van der Waals surface area (Å²) in [5.74, 6) is 2.40. The normalized spacial score (nSPS) is 14.9. The van der Waals surface area contributed by atoms with E-state index in [4.69, 9.17) is 9.47 Å². The van der Waals surface area contributed by atoms with E-state index in [1.54, 1.807) is 25.5 Å². The molecule has 1 aliphatic carbocycles. The number of aryl methyl sites for hydroxylation is 1. The van der Waals surface area contributed by atoms with Gasteiger partial charge in [0.25, 0.3) is 0 Å². The Kier molecular flexibility index (Phi) is 7.54. The fourth-order valence-corrected chi connectivity index (χ4v) is 4.16. The highest BCUT2D eigenvalue weighted by Gasteiger charge is 2.20. The lowest BCUT2D eigenvalue weighted by Crippen LogP contribution is -2.38. The minimum absolute atomic E-state index is 0.286. The fraction of sp³-hybridized carbons (Fsp3) is 0.524. The van der Waals surface area contributed by atoms with Gasteiger partial charge in [0.2, 0.25) is 0 Å². The highest BCUT2D eigenvalue weighted by atomic mass is 32.1. The van der Waals surface area contributed by atoms with E-state index in [1.807, 2.05) is 18.3 Å². The number of nitrogens with zero attached hydrogens (tertiary/aromatic N) is 2. The van der Waals surface area contributed by atoms with Crippen LogP contribution in [-0.2, 0) is 13.0 Å². The molecule has 6 nitrogen and oxygen atoms in total. The van der Waals surface area contributed by atoms with Gasteiger partial charge in [-0.15, -0.1) is 11.3 Å². The van der Waals surface area contributed by atoms with Gasteiger partial charge in [-0.05, 0) is 38.7 Å². The number of rotatable bonds is 8. The first-order chi connectivity index (χ1) is 13.7. The second kappa shape index (κ2) is 10.3. The van der Waals surface area contributed by atoms with Crippen LogP contribution in [0.4, 0.5) is 0 Å². The van der Waals surface area contributed by atoms with Crippen LogP contribution in [0.3, 0.4) is 0 Å². The lowest BCUT2D eigenvalue weighted by atomic mass is 10.1. The molecule has 0 atom stereocenters. The van der Waals surface area contributed by atoms with Crippen LogP contribution in [0.1, 0.15) is 41.1 Å². The monoisotopic (exact) mass is 402 g/mol. The van der Waals surface area contributed by atoms with Crippen LogP contribution in [0.15, 0.2) is 29.4 Å². The smallest absolute Gasteiger partial charge is 0.191 e. The van der Waals surface area contributed by atoms with Crippen molar-refractivity contribution < 1.29 is 9.47 Å². The molecule has 0 spiro atoms. The molecule has 3 rings (SSSR count). The van der Waals surface area contributed by atoms with Gasteiger partial charge in [-0.3, -0.25) is 4.99 Å². The maximum Gasteiger partial charge on any atom is 0.191 e. The largest absolute Gasteiger partial charge is 0.493 e. The first-order valence-corrected chi connectivity index (χ1v) is 10.7. The number of para-hydroxylation sites is 1. The molecule has 7 heteroatoms. The molecule has 0 radical (unpaired) electrons. The van der Waals surface area contributed by atoms with Crippen LogP contribution in [0.5, 0.6) is 11.5 Å². The molecule has 0 bridgehead atoms. The lowest BCUT2D eigenvalue weighted by Gasteiger charge is -2.20. The van der Waals surface area contributed by atoms with Crippen LogP contribution < -0.4 is 20.1 Å². The third-order valence-electron chi connectivity index (χ3n) is 4.84. The highest BCUT2D eigenvalue weighted by Crippen LogP contribution is 2.34. The average molecular weight is 403 g/mol. The summed E-state index contributed by atoms with van der Waals surface area (Å²) in [6.45, 7) is 3.49. The fourth-order valence-electron chi connectivity index (χ4n) is 3.37. The van der Waals surface area contributed by atoms with Gasteiger partial charge >= 0.3 is 0 Å². The Morgan fingerprint density at radius 2 is 2.11 bits per heavy atom. The minimum Gasteiger partial charge on any atom is -0.493 e. The van der Waals surface area contributed by atoms with Gasteiger partial charge in [0.05, 0.1) is 18.2 Å². The van der Waals surface area contributed by atoms with Crippen LogP contribution in [0, 0.1) is 6.92 Å². The average Bonchev–Trinajstić information content (AvgIpc) is 3.37. The van der Waals surface area contributed by atoms with Crippen LogP contribution in [0.25, 0.3) is 0 Å². The molecule has 2 N–H and O–H groups in total. The Balaban J connectivity index is 1.57. The van der Waals surface area contributed by atoms with E-state index in [0.717, 1.165) is 53.8 Å². The summed E-state index contributed by atoms with van der Waals surface area (Å²) in [5.41, 5.74) is 1.07. The summed E-state index contributed by atoms with van der Waals surface area (Å²) in [6.07, 6.45) is 7.80. The Morgan fingerprint density at radius 1 is 1.29 bits per heavy atom. The summed E-state index contributed by atoms with van der Waals surface area (Å²) >= 11 is 1.74. The second-order valence-electron chi connectivity index (χ2n) is 6.94. The summed E-state index contributed by atoms with van der Waals surface area (Å²) in [4.78, 5) is 9.96. The Morgan fingerprint density at radius 3 is 2.79 bits per heavy atom. The predicted molar refractivity (Wildman–Crippen MR) is 115 cm³/mol. The van der Waals surface area contributed by atoms with E-state index < -0.39 is 0 Å². The topological polar surface area (TPSA) is 67.8 Å². The van der Waals surface area contributed by atoms with Gasteiger partial charge in [-0.2, -0.15) is 0 Å². The van der Waals surface area contributed by atoms with Crippen LogP contribution >= 0.6 is 11.3 Å². The van der Waals surface area contributed by atoms with E-state index >= 15 is 0 Å². The van der Waals surface area contributed by atoms with Gasteiger partial charge in [-0.25, -0.2) is 4.98 Å². The van der Waals surface area contributed by atoms with Crippen molar-refractivity contribution >= 4 is 17.3 Å². The van der Waals surface area contributed by atoms with E-state index in [-0.39, 0.29) is 6.10 Å². The number of nitrogens with one attached hydrogen (secondary N) is 2. The zero-order valence-electron chi connectivity index (χ0n) is 17.0. The Hall–Kier alpha value is -2.28. The Labute approximate surface area is 171 Å². The molecule has 0 unspecified atom stereocenters.